The van der Waals surface area contributed by atoms with Crippen molar-refractivity contribution in [2.45, 2.75) is 12.8 Å². The topological polar surface area (TPSA) is 127 Å². The van der Waals surface area contributed by atoms with Crippen LogP contribution in [0.25, 0.3) is 0 Å². The fourth-order valence-electron chi connectivity index (χ4n) is 2.78. The number of carbonyl (C=O) groups is 3. The molecule has 0 aliphatic carbocycles. The van der Waals surface area contributed by atoms with E-state index in [0.717, 1.165) is 4.31 Å². The Morgan fingerprint density at radius 1 is 1.17 bits per heavy atom. The van der Waals surface area contributed by atoms with Gasteiger partial charge in [-0.25, -0.2) is 9.93 Å². The second kappa shape index (κ2) is 5.96. The summed E-state index contributed by atoms with van der Waals surface area (Å²) in [5.41, 5.74) is 0.315. The molecule has 10 heteroatoms. The lowest BCUT2D eigenvalue weighted by molar-refractivity contribution is -0.174. The van der Waals surface area contributed by atoms with Crippen molar-refractivity contribution in [2.75, 3.05) is 13.1 Å². The Morgan fingerprint density at radius 3 is 2.29 bits per heavy atom. The maximum absolute atomic E-state index is 12.2. The first kappa shape index (κ1) is 16.6. The Hall–Kier alpha value is -2.30. The number of rotatable bonds is 3. The third-order valence-corrected chi connectivity index (χ3v) is 5.07. The highest BCUT2D eigenvalue weighted by Crippen LogP contribution is 2.25. The van der Waals surface area contributed by atoms with E-state index < -0.39 is 33.9 Å². The molecule has 0 bridgehead atoms. The predicted octanol–water partition coefficient (Wildman–Crippen LogP) is -0.344. The van der Waals surface area contributed by atoms with Gasteiger partial charge in [0.25, 0.3) is 22.0 Å². The van der Waals surface area contributed by atoms with E-state index in [-0.39, 0.29) is 24.2 Å². The van der Waals surface area contributed by atoms with Crippen molar-refractivity contribution < 1.29 is 27.6 Å². The van der Waals surface area contributed by atoms with Gasteiger partial charge in [-0.1, -0.05) is 17.2 Å². The van der Waals surface area contributed by atoms with Crippen LogP contribution in [0.4, 0.5) is 0 Å². The number of amides is 2. The quantitative estimate of drug-likeness (QED) is 0.740. The molecule has 9 nitrogen and oxygen atoms in total. The van der Waals surface area contributed by atoms with E-state index >= 15 is 0 Å². The minimum absolute atomic E-state index is 0.138. The molecule has 1 unspecified atom stereocenters. The molecule has 128 valence electrons. The molecule has 0 saturated carbocycles. The van der Waals surface area contributed by atoms with Gasteiger partial charge in [-0.3, -0.25) is 9.59 Å². The largest absolute Gasteiger partial charge is 0.337 e. The number of carbonyl (C=O) groups excluding carboxylic acids is 3. The van der Waals surface area contributed by atoms with Crippen LogP contribution in [0.2, 0.25) is 0 Å². The van der Waals surface area contributed by atoms with Gasteiger partial charge in [0.05, 0.1) is 17.0 Å². The zero-order chi connectivity index (χ0) is 17.5. The molecule has 24 heavy (non-hydrogen) atoms. The standard InChI is InChI=1S/C14H15N3O6S/c15-24(21,22)16-7-3-4-9(8-16)14(20)23-17-12(18)10-5-1-2-6-11(10)13(17)19/h1-2,5-6,9H,3-4,7-8H2,(H2,15,21,22). The number of benzene rings is 1. The van der Waals surface area contributed by atoms with Crippen LogP contribution >= 0.6 is 0 Å². The summed E-state index contributed by atoms with van der Waals surface area (Å²) < 4.78 is 23.7. The van der Waals surface area contributed by atoms with Crippen molar-refractivity contribution in [1.82, 2.24) is 9.37 Å². The van der Waals surface area contributed by atoms with Crippen molar-refractivity contribution in [3.8, 4) is 0 Å². The van der Waals surface area contributed by atoms with Crippen LogP contribution in [0, 0.1) is 5.92 Å². The van der Waals surface area contributed by atoms with Crippen LogP contribution in [0.15, 0.2) is 24.3 Å². The van der Waals surface area contributed by atoms with Gasteiger partial charge >= 0.3 is 5.97 Å². The highest BCUT2D eigenvalue weighted by molar-refractivity contribution is 7.86. The van der Waals surface area contributed by atoms with Crippen LogP contribution < -0.4 is 5.14 Å². The van der Waals surface area contributed by atoms with E-state index in [2.05, 4.69) is 0 Å². The summed E-state index contributed by atoms with van der Waals surface area (Å²) in [6.45, 7) is 0.0798. The SMILES string of the molecule is NS(=O)(=O)N1CCCC(C(=O)ON2C(=O)c3ccccc3C2=O)C1. The molecule has 0 spiro atoms. The van der Waals surface area contributed by atoms with Gasteiger partial charge in [-0.15, -0.1) is 0 Å². The second-order valence-electron chi connectivity index (χ2n) is 5.60. The van der Waals surface area contributed by atoms with Crippen LogP contribution in [-0.2, 0) is 19.8 Å². The van der Waals surface area contributed by atoms with Gasteiger partial charge in [0, 0.05) is 13.1 Å². The fraction of sp³-hybridized carbons (Fsp3) is 0.357. The fourth-order valence-corrected chi connectivity index (χ4v) is 3.55. The van der Waals surface area contributed by atoms with Crippen molar-refractivity contribution in [1.29, 1.82) is 0 Å². The van der Waals surface area contributed by atoms with Gasteiger partial charge in [-0.2, -0.15) is 12.7 Å². The van der Waals surface area contributed by atoms with Crippen LogP contribution in [0.3, 0.4) is 0 Å². The molecular weight excluding hydrogens is 338 g/mol. The molecular formula is C14H15N3O6S. The number of imide groups is 1. The Labute approximate surface area is 138 Å². The summed E-state index contributed by atoms with van der Waals surface area (Å²) in [5, 5.41) is 5.48. The second-order valence-corrected chi connectivity index (χ2v) is 7.15. The monoisotopic (exact) mass is 353 g/mol. The molecule has 1 atom stereocenters. The number of fused-ring (bicyclic) bond motifs is 1. The average Bonchev–Trinajstić information content (AvgIpc) is 2.80. The molecule has 2 heterocycles. The molecule has 2 N–H and O–H groups in total. The zero-order valence-electron chi connectivity index (χ0n) is 12.5. The van der Waals surface area contributed by atoms with Gasteiger partial charge in [0.15, 0.2) is 0 Å². The van der Waals surface area contributed by atoms with Crippen molar-refractivity contribution in [2.24, 2.45) is 11.1 Å². The van der Waals surface area contributed by atoms with E-state index in [1.54, 1.807) is 12.1 Å². The van der Waals surface area contributed by atoms with Crippen LogP contribution in [-0.4, -0.2) is 48.7 Å². The lowest BCUT2D eigenvalue weighted by Gasteiger charge is -2.29. The minimum Gasteiger partial charge on any atom is -0.329 e. The predicted molar refractivity (Wildman–Crippen MR) is 80.4 cm³/mol. The minimum atomic E-state index is -3.91. The third kappa shape index (κ3) is 2.90. The van der Waals surface area contributed by atoms with Gasteiger partial charge in [-0.05, 0) is 25.0 Å². The summed E-state index contributed by atoms with van der Waals surface area (Å²) >= 11 is 0. The lowest BCUT2D eigenvalue weighted by Crippen LogP contribution is -2.46. The normalized spacial score (nSPS) is 21.7. The summed E-state index contributed by atoms with van der Waals surface area (Å²) in [7, 11) is -3.91. The van der Waals surface area contributed by atoms with Crippen molar-refractivity contribution >= 4 is 28.0 Å². The summed E-state index contributed by atoms with van der Waals surface area (Å²) in [6.07, 6.45) is 0.812. The Morgan fingerprint density at radius 2 is 1.75 bits per heavy atom. The molecule has 3 rings (SSSR count). The lowest BCUT2D eigenvalue weighted by atomic mass is 10.0. The number of piperidine rings is 1. The molecule has 1 saturated heterocycles. The molecule has 2 aliphatic rings. The molecule has 0 radical (unpaired) electrons. The number of hydroxylamine groups is 2. The van der Waals surface area contributed by atoms with E-state index in [9.17, 15) is 22.8 Å². The van der Waals surface area contributed by atoms with E-state index in [1.165, 1.54) is 12.1 Å². The maximum Gasteiger partial charge on any atom is 0.337 e. The van der Waals surface area contributed by atoms with Crippen LogP contribution in [0.1, 0.15) is 33.6 Å². The van der Waals surface area contributed by atoms with Crippen LogP contribution in [0.5, 0.6) is 0 Å². The number of nitrogens with two attached hydrogens (primary N) is 1. The van der Waals surface area contributed by atoms with Gasteiger partial charge < -0.3 is 4.84 Å². The molecule has 1 aromatic rings. The Bertz CT molecular complexity index is 787. The zero-order valence-corrected chi connectivity index (χ0v) is 13.4. The van der Waals surface area contributed by atoms with Crippen molar-refractivity contribution in [3.05, 3.63) is 35.4 Å². The number of hydrogen-bond acceptors (Lipinski definition) is 6. The highest BCUT2D eigenvalue weighted by Gasteiger charge is 2.40. The third-order valence-electron chi connectivity index (χ3n) is 4.02. The first-order chi connectivity index (χ1) is 11.3. The maximum atomic E-state index is 12.2. The van der Waals surface area contributed by atoms with E-state index in [1.807, 2.05) is 0 Å². The first-order valence-electron chi connectivity index (χ1n) is 7.26. The van der Waals surface area contributed by atoms with Gasteiger partial charge in [0.2, 0.25) is 0 Å². The number of hydrogen-bond donors (Lipinski definition) is 1. The summed E-state index contributed by atoms with van der Waals surface area (Å²) in [6, 6.07) is 6.13. The first-order valence-corrected chi connectivity index (χ1v) is 8.77. The van der Waals surface area contributed by atoms with E-state index in [4.69, 9.17) is 9.98 Å². The molecule has 2 aliphatic heterocycles. The average molecular weight is 353 g/mol. The van der Waals surface area contributed by atoms with E-state index in [0.29, 0.717) is 17.9 Å². The molecule has 0 aromatic heterocycles. The molecule has 1 aromatic carbocycles. The molecule has 1 fully saturated rings. The van der Waals surface area contributed by atoms with Gasteiger partial charge in [0.1, 0.15) is 0 Å². The summed E-state index contributed by atoms with van der Waals surface area (Å²) in [5.74, 6) is -3.06. The highest BCUT2D eigenvalue weighted by atomic mass is 32.2. The number of nitrogens with zero attached hydrogens (tertiary/aromatic N) is 2. The Balaban J connectivity index is 1.72. The van der Waals surface area contributed by atoms with Crippen molar-refractivity contribution in [3.63, 3.8) is 0 Å². The Kier molecular flexibility index (Phi) is 4.11. The summed E-state index contributed by atoms with van der Waals surface area (Å²) in [4.78, 5) is 41.5. The molecule has 2 amide bonds. The smallest absolute Gasteiger partial charge is 0.329 e.